The highest BCUT2D eigenvalue weighted by atomic mass is 32.2. The van der Waals surface area contributed by atoms with E-state index in [1.807, 2.05) is 0 Å². The Morgan fingerprint density at radius 2 is 1.82 bits per heavy atom. The Kier molecular flexibility index (Phi) is 5.55. The number of methoxy groups -OCH3 is 1. The number of nitrogens with one attached hydrogen (secondary N) is 1. The molecule has 2 aromatic rings. The van der Waals surface area contributed by atoms with E-state index in [9.17, 15) is 14.0 Å². The van der Waals surface area contributed by atoms with E-state index in [1.165, 1.54) is 31.0 Å². The minimum atomic E-state index is -0.490. The van der Waals surface area contributed by atoms with Crippen molar-refractivity contribution in [3.8, 4) is 0 Å². The highest BCUT2D eigenvalue weighted by molar-refractivity contribution is 8.00. The summed E-state index contributed by atoms with van der Waals surface area (Å²) in [5, 5.41) is 2.49. The lowest BCUT2D eigenvalue weighted by atomic mass is 10.2. The summed E-state index contributed by atoms with van der Waals surface area (Å²) in [6.45, 7) is 0. The van der Waals surface area contributed by atoms with Gasteiger partial charge in [-0.3, -0.25) is 4.79 Å². The summed E-state index contributed by atoms with van der Waals surface area (Å²) in [6.07, 6.45) is 0. The van der Waals surface area contributed by atoms with Crippen LogP contribution >= 0.6 is 11.8 Å². The number of amides is 1. The Morgan fingerprint density at radius 3 is 2.55 bits per heavy atom. The smallest absolute Gasteiger partial charge is 0.338 e. The number of para-hydroxylation sites is 1. The molecule has 0 aliphatic heterocycles. The van der Waals surface area contributed by atoms with Gasteiger partial charge in [0, 0.05) is 4.90 Å². The Bertz CT molecular complexity index is 691. The van der Waals surface area contributed by atoms with Gasteiger partial charge in [-0.25, -0.2) is 9.18 Å². The molecule has 0 saturated carbocycles. The standard InChI is InChI=1S/C16H14FNO3S/c1-21-16(20)11-6-2-5-9-14(11)22-10-15(19)18-13-8-4-3-7-12(13)17/h2-9H,10H2,1H3,(H,18,19). The monoisotopic (exact) mass is 319 g/mol. The SMILES string of the molecule is COC(=O)c1ccccc1SCC(=O)Nc1ccccc1F. The minimum Gasteiger partial charge on any atom is -0.465 e. The molecule has 2 aromatic carbocycles. The zero-order valence-electron chi connectivity index (χ0n) is 11.8. The van der Waals surface area contributed by atoms with Crippen LogP contribution in [0.4, 0.5) is 10.1 Å². The summed E-state index contributed by atoms with van der Waals surface area (Å²) in [7, 11) is 1.30. The molecule has 0 unspecified atom stereocenters. The summed E-state index contributed by atoms with van der Waals surface area (Å²) >= 11 is 1.19. The van der Waals surface area contributed by atoms with Crippen molar-refractivity contribution in [2.45, 2.75) is 4.90 Å². The van der Waals surface area contributed by atoms with Crippen molar-refractivity contribution in [1.82, 2.24) is 0 Å². The topological polar surface area (TPSA) is 55.4 Å². The zero-order valence-corrected chi connectivity index (χ0v) is 12.7. The molecule has 0 heterocycles. The molecule has 0 saturated heterocycles. The maximum Gasteiger partial charge on any atom is 0.338 e. The Hall–Kier alpha value is -2.34. The van der Waals surface area contributed by atoms with E-state index in [-0.39, 0.29) is 17.3 Å². The van der Waals surface area contributed by atoms with Gasteiger partial charge in [0.2, 0.25) is 5.91 Å². The number of rotatable bonds is 5. The van der Waals surface area contributed by atoms with Crippen LogP contribution in [-0.2, 0) is 9.53 Å². The van der Waals surface area contributed by atoms with Gasteiger partial charge in [-0.05, 0) is 24.3 Å². The average molecular weight is 319 g/mol. The van der Waals surface area contributed by atoms with Gasteiger partial charge in [-0.15, -0.1) is 11.8 Å². The maximum absolute atomic E-state index is 13.4. The van der Waals surface area contributed by atoms with Gasteiger partial charge < -0.3 is 10.1 Å². The maximum atomic E-state index is 13.4. The molecule has 0 spiro atoms. The highest BCUT2D eigenvalue weighted by Gasteiger charge is 2.13. The first-order valence-corrected chi connectivity index (χ1v) is 7.45. The third kappa shape index (κ3) is 4.08. The minimum absolute atomic E-state index is 0.0579. The van der Waals surface area contributed by atoms with Gasteiger partial charge in [0.25, 0.3) is 0 Å². The van der Waals surface area contributed by atoms with E-state index in [0.717, 1.165) is 0 Å². The van der Waals surface area contributed by atoms with Crippen molar-refractivity contribution < 1.29 is 18.7 Å². The number of halogens is 1. The van der Waals surface area contributed by atoms with Gasteiger partial charge in [0.05, 0.1) is 24.1 Å². The predicted molar refractivity (Wildman–Crippen MR) is 83.5 cm³/mol. The van der Waals surface area contributed by atoms with E-state index in [1.54, 1.807) is 36.4 Å². The molecular formula is C16H14FNO3S. The van der Waals surface area contributed by atoms with Crippen LogP contribution in [-0.4, -0.2) is 24.7 Å². The van der Waals surface area contributed by atoms with Crippen molar-refractivity contribution in [3.05, 3.63) is 59.9 Å². The van der Waals surface area contributed by atoms with Crippen molar-refractivity contribution in [2.75, 3.05) is 18.2 Å². The molecule has 0 fully saturated rings. The molecule has 0 aromatic heterocycles. The van der Waals surface area contributed by atoms with Crippen LogP contribution in [0.15, 0.2) is 53.4 Å². The highest BCUT2D eigenvalue weighted by Crippen LogP contribution is 2.23. The Balaban J connectivity index is 2.00. The van der Waals surface area contributed by atoms with Crippen molar-refractivity contribution >= 4 is 29.3 Å². The van der Waals surface area contributed by atoms with Crippen LogP contribution in [0.5, 0.6) is 0 Å². The number of carbonyl (C=O) groups is 2. The fraction of sp³-hybridized carbons (Fsp3) is 0.125. The summed E-state index contributed by atoms with van der Waals surface area (Å²) in [5.74, 6) is -1.24. The van der Waals surface area contributed by atoms with E-state index in [2.05, 4.69) is 5.32 Å². The normalized spacial score (nSPS) is 10.1. The molecule has 6 heteroatoms. The lowest BCUT2D eigenvalue weighted by Gasteiger charge is -2.08. The Morgan fingerprint density at radius 1 is 1.14 bits per heavy atom. The first-order valence-electron chi connectivity index (χ1n) is 6.46. The van der Waals surface area contributed by atoms with Crippen LogP contribution in [0.1, 0.15) is 10.4 Å². The Labute approximate surface area is 131 Å². The van der Waals surface area contributed by atoms with Crippen LogP contribution in [0, 0.1) is 5.82 Å². The molecule has 114 valence electrons. The average Bonchev–Trinajstić information content (AvgIpc) is 2.54. The number of hydrogen-bond acceptors (Lipinski definition) is 4. The van der Waals surface area contributed by atoms with Gasteiger partial charge >= 0.3 is 5.97 Å². The van der Waals surface area contributed by atoms with Crippen LogP contribution in [0.3, 0.4) is 0 Å². The van der Waals surface area contributed by atoms with E-state index < -0.39 is 11.8 Å². The molecule has 0 bridgehead atoms. The number of hydrogen-bond donors (Lipinski definition) is 1. The van der Waals surface area contributed by atoms with Gasteiger partial charge in [-0.1, -0.05) is 24.3 Å². The summed E-state index contributed by atoms with van der Waals surface area (Å²) in [4.78, 5) is 24.1. The van der Waals surface area contributed by atoms with Gasteiger partial charge in [0.1, 0.15) is 5.82 Å². The van der Waals surface area contributed by atoms with Crippen molar-refractivity contribution in [1.29, 1.82) is 0 Å². The van der Waals surface area contributed by atoms with Crippen LogP contribution < -0.4 is 5.32 Å². The fourth-order valence-corrected chi connectivity index (χ4v) is 2.60. The van der Waals surface area contributed by atoms with Crippen molar-refractivity contribution in [3.63, 3.8) is 0 Å². The quantitative estimate of drug-likeness (QED) is 0.678. The molecule has 0 aliphatic carbocycles. The van der Waals surface area contributed by atoms with E-state index >= 15 is 0 Å². The molecule has 0 aliphatic rings. The molecular weight excluding hydrogens is 305 g/mol. The van der Waals surface area contributed by atoms with Crippen LogP contribution in [0.25, 0.3) is 0 Å². The van der Waals surface area contributed by atoms with Gasteiger partial charge in [0.15, 0.2) is 0 Å². The molecule has 0 atom stereocenters. The number of thioether (sulfide) groups is 1. The van der Waals surface area contributed by atoms with E-state index in [4.69, 9.17) is 4.74 Å². The molecule has 2 rings (SSSR count). The molecule has 22 heavy (non-hydrogen) atoms. The largest absolute Gasteiger partial charge is 0.465 e. The van der Waals surface area contributed by atoms with Crippen LogP contribution in [0.2, 0.25) is 0 Å². The predicted octanol–water partition coefficient (Wildman–Crippen LogP) is 3.34. The molecule has 1 amide bonds. The number of ether oxygens (including phenoxy) is 1. The van der Waals surface area contributed by atoms with Gasteiger partial charge in [-0.2, -0.15) is 0 Å². The number of carbonyl (C=O) groups excluding carboxylic acids is 2. The van der Waals surface area contributed by atoms with Crippen molar-refractivity contribution in [2.24, 2.45) is 0 Å². The molecule has 4 nitrogen and oxygen atoms in total. The third-order valence-electron chi connectivity index (χ3n) is 2.80. The second-order valence-electron chi connectivity index (χ2n) is 4.30. The summed E-state index contributed by atoms with van der Waals surface area (Å²) < 4.78 is 18.1. The lowest BCUT2D eigenvalue weighted by Crippen LogP contribution is -2.15. The number of benzene rings is 2. The summed E-state index contributed by atoms with van der Waals surface area (Å²) in [5.41, 5.74) is 0.531. The number of anilines is 1. The molecule has 1 N–H and O–H groups in total. The fourth-order valence-electron chi connectivity index (χ4n) is 1.76. The summed E-state index contributed by atoms with van der Waals surface area (Å²) in [6, 6.07) is 12.8. The third-order valence-corrected chi connectivity index (χ3v) is 3.87. The number of esters is 1. The zero-order chi connectivity index (χ0) is 15.9. The second kappa shape index (κ2) is 7.61. The molecule has 0 radical (unpaired) electrons. The van der Waals surface area contributed by atoms with E-state index in [0.29, 0.717) is 10.5 Å². The first kappa shape index (κ1) is 16.0. The first-order chi connectivity index (χ1) is 10.6. The second-order valence-corrected chi connectivity index (χ2v) is 5.32. The lowest BCUT2D eigenvalue weighted by molar-refractivity contribution is -0.113.